The molecule has 0 saturated carbocycles. The van der Waals surface area contributed by atoms with Gasteiger partial charge in [0.15, 0.2) is 0 Å². The lowest BCUT2D eigenvalue weighted by molar-refractivity contribution is 0.523. The predicted molar refractivity (Wildman–Crippen MR) is 88.6 cm³/mol. The average Bonchev–Trinajstić information content (AvgIpc) is 2.42. The van der Waals surface area contributed by atoms with Gasteiger partial charge in [0.1, 0.15) is 0 Å². The van der Waals surface area contributed by atoms with E-state index in [0.29, 0.717) is 6.04 Å². The first-order chi connectivity index (χ1) is 9.25. The Morgan fingerprint density at radius 3 is 2.32 bits per heavy atom. The maximum atomic E-state index is 3.61. The van der Waals surface area contributed by atoms with Gasteiger partial charge in [-0.25, -0.2) is 0 Å². The Labute approximate surface area is 127 Å². The molecule has 19 heavy (non-hydrogen) atoms. The summed E-state index contributed by atoms with van der Waals surface area (Å²) in [7, 11) is 0. The summed E-state index contributed by atoms with van der Waals surface area (Å²) in [5.41, 5.74) is 1.35. The molecule has 1 nitrogen and oxygen atoms in total. The lowest BCUT2D eigenvalue weighted by atomic mass is 10.1. The van der Waals surface area contributed by atoms with Crippen LogP contribution >= 0.6 is 15.9 Å². The van der Waals surface area contributed by atoms with E-state index in [1.165, 1.54) is 55.0 Å². The van der Waals surface area contributed by atoms with Gasteiger partial charge in [0.05, 0.1) is 0 Å². The topological polar surface area (TPSA) is 12.0 Å². The van der Waals surface area contributed by atoms with Gasteiger partial charge in [-0.05, 0) is 31.5 Å². The fourth-order valence-corrected chi connectivity index (χ4v) is 2.97. The normalized spacial score (nSPS) is 12.6. The predicted octanol–water partition coefficient (Wildman–Crippen LogP) is 5.85. The molecule has 0 unspecified atom stereocenters. The van der Waals surface area contributed by atoms with Gasteiger partial charge in [-0.15, -0.1) is 0 Å². The molecule has 0 aliphatic carbocycles. The molecule has 0 aliphatic heterocycles. The summed E-state index contributed by atoms with van der Waals surface area (Å²) in [5, 5.41) is 3.61. The van der Waals surface area contributed by atoms with Gasteiger partial charge < -0.3 is 5.32 Å². The molecule has 0 heterocycles. The highest BCUT2D eigenvalue weighted by molar-refractivity contribution is 9.10. The summed E-state index contributed by atoms with van der Waals surface area (Å²) in [5.74, 6) is 0. The van der Waals surface area contributed by atoms with Crippen LogP contribution in [0.25, 0.3) is 0 Å². The van der Waals surface area contributed by atoms with Gasteiger partial charge in [-0.1, -0.05) is 79.6 Å². The van der Waals surface area contributed by atoms with Crippen molar-refractivity contribution in [2.24, 2.45) is 0 Å². The molecule has 108 valence electrons. The molecular weight excluding hydrogens is 298 g/mol. The molecule has 1 aromatic carbocycles. The summed E-state index contributed by atoms with van der Waals surface area (Å²) < 4.78 is 1.20. The zero-order valence-electron chi connectivity index (χ0n) is 12.4. The largest absolute Gasteiger partial charge is 0.310 e. The Hall–Kier alpha value is -0.340. The summed E-state index contributed by atoms with van der Waals surface area (Å²) in [6.45, 7) is 5.63. The van der Waals surface area contributed by atoms with Crippen LogP contribution in [0.2, 0.25) is 0 Å². The SMILES string of the molecule is CCCCCCCCCN[C@@H](C)c1ccccc1Br. The number of rotatable bonds is 10. The number of benzene rings is 1. The molecule has 0 aliphatic rings. The number of nitrogens with one attached hydrogen (secondary N) is 1. The van der Waals surface area contributed by atoms with Crippen molar-refractivity contribution in [2.45, 2.75) is 64.8 Å². The van der Waals surface area contributed by atoms with E-state index in [1.54, 1.807) is 0 Å². The molecule has 1 rings (SSSR count). The maximum Gasteiger partial charge on any atom is 0.0302 e. The van der Waals surface area contributed by atoms with Crippen molar-refractivity contribution in [3.63, 3.8) is 0 Å². The van der Waals surface area contributed by atoms with Gasteiger partial charge >= 0.3 is 0 Å². The second-order valence-electron chi connectivity index (χ2n) is 5.32. The van der Waals surface area contributed by atoms with Gasteiger partial charge in [0.2, 0.25) is 0 Å². The Kier molecular flexibility index (Phi) is 9.19. The highest BCUT2D eigenvalue weighted by Gasteiger charge is 2.06. The Balaban J connectivity index is 2.08. The smallest absolute Gasteiger partial charge is 0.0302 e. The number of hydrogen-bond donors (Lipinski definition) is 1. The molecule has 0 spiro atoms. The first-order valence-corrected chi connectivity index (χ1v) is 8.52. The lowest BCUT2D eigenvalue weighted by Crippen LogP contribution is -2.20. The average molecular weight is 326 g/mol. The molecule has 1 N–H and O–H groups in total. The van der Waals surface area contributed by atoms with E-state index in [-0.39, 0.29) is 0 Å². The molecule has 0 bridgehead atoms. The van der Waals surface area contributed by atoms with Crippen LogP contribution in [0.5, 0.6) is 0 Å². The van der Waals surface area contributed by atoms with E-state index in [1.807, 2.05) is 0 Å². The zero-order valence-corrected chi connectivity index (χ0v) is 14.0. The Morgan fingerprint density at radius 2 is 1.63 bits per heavy atom. The zero-order chi connectivity index (χ0) is 13.9. The minimum atomic E-state index is 0.427. The highest BCUT2D eigenvalue weighted by atomic mass is 79.9. The van der Waals surface area contributed by atoms with Crippen LogP contribution < -0.4 is 5.32 Å². The van der Waals surface area contributed by atoms with Crippen LogP contribution in [-0.4, -0.2) is 6.54 Å². The van der Waals surface area contributed by atoms with E-state index < -0.39 is 0 Å². The van der Waals surface area contributed by atoms with Gasteiger partial charge in [-0.2, -0.15) is 0 Å². The molecule has 0 amide bonds. The standard InChI is InChI=1S/C17H28BrN/c1-3-4-5-6-7-8-11-14-19-15(2)16-12-9-10-13-17(16)18/h9-10,12-13,15,19H,3-8,11,14H2,1-2H3/t15-/m0/s1. The molecule has 0 fully saturated rings. The van der Waals surface area contributed by atoms with Gasteiger partial charge in [-0.3, -0.25) is 0 Å². The van der Waals surface area contributed by atoms with E-state index in [4.69, 9.17) is 0 Å². The van der Waals surface area contributed by atoms with Crippen molar-refractivity contribution < 1.29 is 0 Å². The summed E-state index contributed by atoms with van der Waals surface area (Å²) in [6.07, 6.45) is 9.61. The summed E-state index contributed by atoms with van der Waals surface area (Å²) in [6, 6.07) is 8.90. The second kappa shape index (κ2) is 10.4. The summed E-state index contributed by atoms with van der Waals surface area (Å²) >= 11 is 3.61. The first-order valence-electron chi connectivity index (χ1n) is 7.73. The second-order valence-corrected chi connectivity index (χ2v) is 6.17. The van der Waals surface area contributed by atoms with Crippen LogP contribution in [0.3, 0.4) is 0 Å². The minimum Gasteiger partial charge on any atom is -0.310 e. The van der Waals surface area contributed by atoms with E-state index in [9.17, 15) is 0 Å². The molecule has 2 heteroatoms. The van der Waals surface area contributed by atoms with Gasteiger partial charge in [0.25, 0.3) is 0 Å². The van der Waals surface area contributed by atoms with Crippen molar-refractivity contribution in [1.29, 1.82) is 0 Å². The van der Waals surface area contributed by atoms with E-state index in [2.05, 4.69) is 59.4 Å². The minimum absolute atomic E-state index is 0.427. The fourth-order valence-electron chi connectivity index (χ4n) is 2.34. The number of unbranched alkanes of at least 4 members (excludes halogenated alkanes) is 6. The van der Waals surface area contributed by atoms with Crippen LogP contribution in [0, 0.1) is 0 Å². The van der Waals surface area contributed by atoms with Crippen LogP contribution in [0.4, 0.5) is 0 Å². The number of hydrogen-bond acceptors (Lipinski definition) is 1. The Bertz CT molecular complexity index is 338. The quantitative estimate of drug-likeness (QED) is 0.532. The molecule has 0 saturated heterocycles. The van der Waals surface area contributed by atoms with E-state index >= 15 is 0 Å². The third-order valence-electron chi connectivity index (χ3n) is 3.60. The van der Waals surface area contributed by atoms with Gasteiger partial charge in [0, 0.05) is 10.5 Å². The maximum absolute atomic E-state index is 3.61. The fraction of sp³-hybridized carbons (Fsp3) is 0.647. The van der Waals surface area contributed by atoms with Crippen molar-refractivity contribution in [3.8, 4) is 0 Å². The highest BCUT2D eigenvalue weighted by Crippen LogP contribution is 2.22. The number of halogens is 1. The van der Waals surface area contributed by atoms with Crippen LogP contribution in [0.15, 0.2) is 28.7 Å². The first kappa shape index (κ1) is 16.7. The van der Waals surface area contributed by atoms with Crippen molar-refractivity contribution in [1.82, 2.24) is 5.32 Å². The lowest BCUT2D eigenvalue weighted by Gasteiger charge is -2.15. The van der Waals surface area contributed by atoms with Crippen molar-refractivity contribution in [3.05, 3.63) is 34.3 Å². The van der Waals surface area contributed by atoms with Crippen molar-refractivity contribution in [2.75, 3.05) is 6.54 Å². The molecule has 0 radical (unpaired) electrons. The molecule has 1 atom stereocenters. The molecule has 1 aromatic rings. The summed E-state index contributed by atoms with van der Waals surface area (Å²) in [4.78, 5) is 0. The third-order valence-corrected chi connectivity index (χ3v) is 4.32. The van der Waals surface area contributed by atoms with Crippen molar-refractivity contribution >= 4 is 15.9 Å². The molecule has 0 aromatic heterocycles. The third kappa shape index (κ3) is 7.12. The van der Waals surface area contributed by atoms with Crippen LogP contribution in [-0.2, 0) is 0 Å². The molecular formula is C17H28BrN. The monoisotopic (exact) mass is 325 g/mol. The Morgan fingerprint density at radius 1 is 1.00 bits per heavy atom. The van der Waals surface area contributed by atoms with E-state index in [0.717, 1.165) is 6.54 Å². The van der Waals surface area contributed by atoms with Crippen LogP contribution in [0.1, 0.15) is 70.4 Å².